The van der Waals surface area contributed by atoms with Crippen molar-refractivity contribution in [3.63, 3.8) is 0 Å². The molecule has 0 aliphatic carbocycles. The number of benzene rings is 2. The Labute approximate surface area is 147 Å². The maximum absolute atomic E-state index is 13.6. The summed E-state index contributed by atoms with van der Waals surface area (Å²) in [7, 11) is 0. The van der Waals surface area contributed by atoms with Crippen molar-refractivity contribution in [2.75, 3.05) is 18.4 Å². The molecule has 1 saturated heterocycles. The highest BCUT2D eigenvalue weighted by atomic mass is 19.1. The van der Waals surface area contributed by atoms with Gasteiger partial charge in [0.2, 0.25) is 5.91 Å². The normalized spacial score (nSPS) is 14.3. The van der Waals surface area contributed by atoms with Crippen LogP contribution in [0.1, 0.15) is 10.4 Å². The number of fused-ring (bicyclic) bond motifs is 1. The molecule has 1 aliphatic heterocycles. The van der Waals surface area contributed by atoms with E-state index in [1.165, 1.54) is 0 Å². The van der Waals surface area contributed by atoms with Crippen LogP contribution in [0.2, 0.25) is 0 Å². The number of hydrogen-bond donors (Lipinski definition) is 2. The number of hydrogen-bond acceptors (Lipinski definition) is 2. The minimum absolute atomic E-state index is 0.163. The molecule has 0 radical (unpaired) electrons. The zero-order valence-corrected chi connectivity index (χ0v) is 13.6. The molecule has 1 aliphatic rings. The van der Waals surface area contributed by atoms with Crippen molar-refractivity contribution in [1.29, 1.82) is 0 Å². The summed E-state index contributed by atoms with van der Waals surface area (Å²) in [5.41, 5.74) is 1.22. The standard InChI is InChI=1S/C19H15F2N3O2/c20-12-5-6-15(21)17(7-12)23-18(25)11-9-24(10-11)19(26)14-8-22-16-4-2-1-3-13(14)16/h1-8,11,22H,9-10H2,(H,23,25). The third-order valence-corrected chi connectivity index (χ3v) is 4.55. The first kappa shape index (κ1) is 16.3. The summed E-state index contributed by atoms with van der Waals surface area (Å²) in [6, 6.07) is 10.3. The first-order valence-electron chi connectivity index (χ1n) is 8.14. The Hall–Kier alpha value is -3.22. The van der Waals surface area contributed by atoms with E-state index in [0.29, 0.717) is 5.56 Å². The van der Waals surface area contributed by atoms with E-state index in [1.54, 1.807) is 11.1 Å². The monoisotopic (exact) mass is 355 g/mol. The average Bonchev–Trinajstić information content (AvgIpc) is 3.01. The van der Waals surface area contributed by atoms with Crippen LogP contribution < -0.4 is 5.32 Å². The number of anilines is 1. The van der Waals surface area contributed by atoms with Gasteiger partial charge in [-0.15, -0.1) is 0 Å². The second-order valence-electron chi connectivity index (χ2n) is 6.27. The van der Waals surface area contributed by atoms with Crippen LogP contribution in [-0.2, 0) is 4.79 Å². The third kappa shape index (κ3) is 2.81. The Bertz CT molecular complexity index is 1010. The number of likely N-dealkylation sites (tertiary alicyclic amines) is 1. The summed E-state index contributed by atoms with van der Waals surface area (Å²) in [6.45, 7) is 0.474. The van der Waals surface area contributed by atoms with Gasteiger partial charge in [0.05, 0.1) is 17.2 Å². The second kappa shape index (κ2) is 6.25. The molecule has 0 bridgehead atoms. The molecule has 26 heavy (non-hydrogen) atoms. The van der Waals surface area contributed by atoms with Crippen molar-refractivity contribution in [3.05, 3.63) is 65.9 Å². The summed E-state index contributed by atoms with van der Waals surface area (Å²) < 4.78 is 26.8. The molecule has 2 aromatic carbocycles. The third-order valence-electron chi connectivity index (χ3n) is 4.55. The molecular weight excluding hydrogens is 340 g/mol. The Morgan fingerprint density at radius 3 is 2.69 bits per heavy atom. The summed E-state index contributed by atoms with van der Waals surface area (Å²) in [5, 5.41) is 3.20. The Kier molecular flexibility index (Phi) is 3.91. The molecule has 2 N–H and O–H groups in total. The van der Waals surface area contributed by atoms with E-state index in [-0.39, 0.29) is 24.7 Å². The van der Waals surface area contributed by atoms with Gasteiger partial charge >= 0.3 is 0 Å². The number of para-hydroxylation sites is 1. The number of nitrogens with zero attached hydrogens (tertiary/aromatic N) is 1. The van der Waals surface area contributed by atoms with Gasteiger partial charge in [-0.2, -0.15) is 0 Å². The molecule has 1 fully saturated rings. The van der Waals surface area contributed by atoms with Crippen LogP contribution in [-0.4, -0.2) is 34.8 Å². The molecular formula is C19H15F2N3O2. The minimum Gasteiger partial charge on any atom is -0.360 e. The lowest BCUT2D eigenvalue weighted by Crippen LogP contribution is -2.54. The Balaban J connectivity index is 1.41. The van der Waals surface area contributed by atoms with Crippen LogP contribution in [0, 0.1) is 17.6 Å². The van der Waals surface area contributed by atoms with Crippen molar-refractivity contribution in [3.8, 4) is 0 Å². The number of aromatic nitrogens is 1. The first-order valence-corrected chi connectivity index (χ1v) is 8.14. The molecule has 0 unspecified atom stereocenters. The summed E-state index contributed by atoms with van der Waals surface area (Å²) in [4.78, 5) is 29.4. The van der Waals surface area contributed by atoms with Gasteiger partial charge in [0.1, 0.15) is 11.6 Å². The maximum Gasteiger partial charge on any atom is 0.256 e. The van der Waals surface area contributed by atoms with Gasteiger partial charge in [-0.3, -0.25) is 9.59 Å². The van der Waals surface area contributed by atoms with Gasteiger partial charge in [0.25, 0.3) is 5.91 Å². The van der Waals surface area contributed by atoms with Crippen molar-refractivity contribution in [2.45, 2.75) is 0 Å². The zero-order chi connectivity index (χ0) is 18.3. The van der Waals surface area contributed by atoms with Crippen molar-refractivity contribution in [2.24, 2.45) is 5.92 Å². The number of H-pyrrole nitrogens is 1. The van der Waals surface area contributed by atoms with Gasteiger partial charge in [0, 0.05) is 36.3 Å². The van der Waals surface area contributed by atoms with Gasteiger partial charge in [-0.05, 0) is 18.2 Å². The smallest absolute Gasteiger partial charge is 0.256 e. The van der Waals surface area contributed by atoms with Gasteiger partial charge in [0.15, 0.2) is 0 Å². The number of halogens is 2. The van der Waals surface area contributed by atoms with Crippen molar-refractivity contribution < 1.29 is 18.4 Å². The summed E-state index contributed by atoms with van der Waals surface area (Å²) in [5.74, 6) is -2.38. The molecule has 2 heterocycles. The van der Waals surface area contributed by atoms with Crippen LogP contribution >= 0.6 is 0 Å². The summed E-state index contributed by atoms with van der Waals surface area (Å²) >= 11 is 0. The molecule has 2 amide bonds. The molecule has 1 aromatic heterocycles. The highest BCUT2D eigenvalue weighted by molar-refractivity contribution is 6.07. The van der Waals surface area contributed by atoms with Crippen LogP contribution in [0.15, 0.2) is 48.7 Å². The minimum atomic E-state index is -0.703. The lowest BCUT2D eigenvalue weighted by atomic mass is 9.97. The van der Waals surface area contributed by atoms with Crippen LogP contribution in [0.4, 0.5) is 14.5 Å². The predicted molar refractivity (Wildman–Crippen MR) is 92.7 cm³/mol. The fourth-order valence-corrected chi connectivity index (χ4v) is 3.06. The van der Waals surface area contributed by atoms with Gasteiger partial charge < -0.3 is 15.2 Å². The highest BCUT2D eigenvalue weighted by Gasteiger charge is 2.37. The molecule has 0 spiro atoms. The predicted octanol–water partition coefficient (Wildman–Crippen LogP) is 3.16. The highest BCUT2D eigenvalue weighted by Crippen LogP contribution is 2.25. The van der Waals surface area contributed by atoms with E-state index in [0.717, 1.165) is 29.1 Å². The van der Waals surface area contributed by atoms with E-state index in [2.05, 4.69) is 10.3 Å². The summed E-state index contributed by atoms with van der Waals surface area (Å²) in [6.07, 6.45) is 1.66. The van der Waals surface area contributed by atoms with Crippen LogP contribution in [0.3, 0.4) is 0 Å². The molecule has 0 atom stereocenters. The molecule has 4 rings (SSSR count). The number of nitrogens with one attached hydrogen (secondary N) is 2. The average molecular weight is 355 g/mol. The van der Waals surface area contributed by atoms with Crippen molar-refractivity contribution in [1.82, 2.24) is 9.88 Å². The van der Waals surface area contributed by atoms with Crippen LogP contribution in [0.5, 0.6) is 0 Å². The van der Waals surface area contributed by atoms with E-state index in [1.807, 2.05) is 24.3 Å². The fraction of sp³-hybridized carbons (Fsp3) is 0.158. The Morgan fingerprint density at radius 2 is 1.88 bits per heavy atom. The van der Waals surface area contributed by atoms with E-state index in [4.69, 9.17) is 0 Å². The number of rotatable bonds is 3. The molecule has 7 heteroatoms. The van der Waals surface area contributed by atoms with Crippen molar-refractivity contribution >= 4 is 28.4 Å². The quantitative estimate of drug-likeness (QED) is 0.758. The lowest BCUT2D eigenvalue weighted by Gasteiger charge is -2.38. The lowest BCUT2D eigenvalue weighted by molar-refractivity contribution is -0.123. The topological polar surface area (TPSA) is 65.2 Å². The fourth-order valence-electron chi connectivity index (χ4n) is 3.06. The second-order valence-corrected chi connectivity index (χ2v) is 6.27. The molecule has 5 nitrogen and oxygen atoms in total. The number of carbonyl (C=O) groups is 2. The van der Waals surface area contributed by atoms with E-state index in [9.17, 15) is 18.4 Å². The van der Waals surface area contributed by atoms with E-state index >= 15 is 0 Å². The number of aromatic amines is 1. The number of amides is 2. The maximum atomic E-state index is 13.6. The van der Waals surface area contributed by atoms with Gasteiger partial charge in [-0.25, -0.2) is 8.78 Å². The SMILES string of the molecule is O=C(Nc1cc(F)ccc1F)C1CN(C(=O)c2c[nH]c3ccccc23)C1. The first-order chi connectivity index (χ1) is 12.5. The molecule has 0 saturated carbocycles. The molecule has 132 valence electrons. The molecule has 3 aromatic rings. The zero-order valence-electron chi connectivity index (χ0n) is 13.6. The number of carbonyl (C=O) groups excluding carboxylic acids is 2. The van der Waals surface area contributed by atoms with Crippen LogP contribution in [0.25, 0.3) is 10.9 Å². The Morgan fingerprint density at radius 1 is 1.12 bits per heavy atom. The largest absolute Gasteiger partial charge is 0.360 e. The van der Waals surface area contributed by atoms with Gasteiger partial charge in [-0.1, -0.05) is 18.2 Å². The van der Waals surface area contributed by atoms with E-state index < -0.39 is 23.5 Å².